The first-order valence-electron chi connectivity index (χ1n) is 10.1. The molecule has 1 N–H and O–H groups in total. The second kappa shape index (κ2) is 6.83. The van der Waals surface area contributed by atoms with Gasteiger partial charge < -0.3 is 14.6 Å². The highest BCUT2D eigenvalue weighted by molar-refractivity contribution is 5.71. The van der Waals surface area contributed by atoms with E-state index in [2.05, 4.69) is 36.9 Å². The highest BCUT2D eigenvalue weighted by atomic mass is 16.3. The molecule has 0 bridgehead atoms. The molecule has 4 heterocycles. The molecule has 2 fully saturated rings. The zero-order valence-corrected chi connectivity index (χ0v) is 16.2. The fraction of sp³-hybridized carbons (Fsp3) is 0.476. The number of aryl methyl sites for hydroxylation is 1. The van der Waals surface area contributed by atoms with E-state index in [0.717, 1.165) is 24.2 Å². The zero-order chi connectivity index (χ0) is 19.1. The Kier molecular flexibility index (Phi) is 4.29. The number of benzene rings is 1. The summed E-state index contributed by atoms with van der Waals surface area (Å²) in [5.41, 5.74) is 1.80. The van der Waals surface area contributed by atoms with Crippen LogP contribution in [0.1, 0.15) is 24.8 Å². The van der Waals surface area contributed by atoms with Crippen LogP contribution in [0.5, 0.6) is 0 Å². The SMILES string of the molecule is Cn1cnc2nc(N3CC[C@](O)(c4ccccc4)[C@H](N4CCCC4)C3)ncc21. The number of nitrogens with zero attached hydrogens (tertiary/aromatic N) is 6. The summed E-state index contributed by atoms with van der Waals surface area (Å²) >= 11 is 0. The number of fused-ring (bicyclic) bond motifs is 1. The van der Waals surface area contributed by atoms with Gasteiger partial charge in [-0.25, -0.2) is 9.97 Å². The van der Waals surface area contributed by atoms with Crippen LogP contribution in [0.25, 0.3) is 11.2 Å². The smallest absolute Gasteiger partial charge is 0.227 e. The third kappa shape index (κ3) is 2.86. The Morgan fingerprint density at radius 3 is 2.64 bits per heavy atom. The third-order valence-electron chi connectivity index (χ3n) is 6.32. The average molecular weight is 378 g/mol. The molecule has 0 saturated carbocycles. The van der Waals surface area contributed by atoms with E-state index in [4.69, 9.17) is 0 Å². The molecule has 28 heavy (non-hydrogen) atoms. The van der Waals surface area contributed by atoms with E-state index in [-0.39, 0.29) is 6.04 Å². The van der Waals surface area contributed by atoms with E-state index >= 15 is 0 Å². The van der Waals surface area contributed by atoms with Crippen LogP contribution >= 0.6 is 0 Å². The number of hydrogen-bond donors (Lipinski definition) is 1. The molecule has 5 rings (SSSR count). The van der Waals surface area contributed by atoms with Crippen LogP contribution in [0.4, 0.5) is 5.95 Å². The molecule has 2 saturated heterocycles. The summed E-state index contributed by atoms with van der Waals surface area (Å²) < 4.78 is 1.93. The van der Waals surface area contributed by atoms with Gasteiger partial charge in [-0.1, -0.05) is 30.3 Å². The number of aromatic nitrogens is 4. The lowest BCUT2D eigenvalue weighted by atomic mass is 9.79. The van der Waals surface area contributed by atoms with Crippen LogP contribution < -0.4 is 4.90 Å². The zero-order valence-electron chi connectivity index (χ0n) is 16.2. The largest absolute Gasteiger partial charge is 0.383 e. The summed E-state index contributed by atoms with van der Waals surface area (Å²) in [4.78, 5) is 18.3. The van der Waals surface area contributed by atoms with Crippen molar-refractivity contribution in [2.45, 2.75) is 30.9 Å². The monoisotopic (exact) mass is 378 g/mol. The topological polar surface area (TPSA) is 70.3 Å². The lowest BCUT2D eigenvalue weighted by Crippen LogP contribution is -2.60. The molecule has 0 unspecified atom stereocenters. The first-order chi connectivity index (χ1) is 13.6. The van der Waals surface area contributed by atoms with Crippen molar-refractivity contribution >= 4 is 17.1 Å². The highest BCUT2D eigenvalue weighted by Crippen LogP contribution is 2.38. The van der Waals surface area contributed by atoms with Gasteiger partial charge in [-0.2, -0.15) is 4.98 Å². The number of hydrogen-bond acceptors (Lipinski definition) is 6. The maximum absolute atomic E-state index is 11.8. The molecule has 7 heteroatoms. The van der Waals surface area contributed by atoms with Crippen molar-refractivity contribution in [1.82, 2.24) is 24.4 Å². The number of aliphatic hydroxyl groups is 1. The molecule has 146 valence electrons. The van der Waals surface area contributed by atoms with Crippen molar-refractivity contribution in [3.05, 3.63) is 48.4 Å². The molecule has 0 aliphatic carbocycles. The van der Waals surface area contributed by atoms with Crippen LogP contribution in [0.3, 0.4) is 0 Å². The fourth-order valence-electron chi connectivity index (χ4n) is 4.70. The van der Waals surface area contributed by atoms with E-state index in [1.54, 1.807) is 6.33 Å². The standard InChI is InChI=1S/C21H26N6O/c1-25-15-23-19-17(25)13-22-20(24-19)27-12-9-21(28,16-7-3-2-4-8-16)18(14-27)26-10-5-6-11-26/h2-4,7-8,13,15,18,28H,5-6,9-12,14H2,1H3/t18-,21+/m1/s1. The minimum atomic E-state index is -0.850. The van der Waals surface area contributed by atoms with Gasteiger partial charge >= 0.3 is 0 Å². The third-order valence-corrected chi connectivity index (χ3v) is 6.32. The molecule has 2 atom stereocenters. The fourth-order valence-corrected chi connectivity index (χ4v) is 4.70. The maximum atomic E-state index is 11.8. The number of anilines is 1. The first-order valence-corrected chi connectivity index (χ1v) is 10.1. The molecule has 2 aliphatic rings. The van der Waals surface area contributed by atoms with Crippen molar-refractivity contribution in [3.63, 3.8) is 0 Å². The summed E-state index contributed by atoms with van der Waals surface area (Å²) in [7, 11) is 1.95. The normalized spacial score (nSPS) is 26.2. The van der Waals surface area contributed by atoms with Gasteiger partial charge in [0.05, 0.1) is 18.6 Å². The average Bonchev–Trinajstić information content (AvgIpc) is 3.39. The summed E-state index contributed by atoms with van der Waals surface area (Å²) in [6.07, 6.45) is 6.64. The predicted molar refractivity (Wildman–Crippen MR) is 108 cm³/mol. The second-order valence-electron chi connectivity index (χ2n) is 7.98. The second-order valence-corrected chi connectivity index (χ2v) is 7.98. The molecular weight excluding hydrogens is 352 g/mol. The minimum Gasteiger partial charge on any atom is -0.383 e. The van der Waals surface area contributed by atoms with Crippen LogP contribution in [0.2, 0.25) is 0 Å². The van der Waals surface area contributed by atoms with E-state index in [1.807, 2.05) is 36.0 Å². The quantitative estimate of drug-likeness (QED) is 0.751. The van der Waals surface area contributed by atoms with Crippen molar-refractivity contribution in [2.75, 3.05) is 31.1 Å². The maximum Gasteiger partial charge on any atom is 0.227 e. The lowest BCUT2D eigenvalue weighted by Gasteiger charge is -2.48. The van der Waals surface area contributed by atoms with Crippen molar-refractivity contribution in [1.29, 1.82) is 0 Å². The number of rotatable bonds is 3. The van der Waals surface area contributed by atoms with Gasteiger partial charge in [0, 0.05) is 20.1 Å². The van der Waals surface area contributed by atoms with Crippen LogP contribution in [-0.4, -0.2) is 61.7 Å². The Bertz CT molecular complexity index is 967. The van der Waals surface area contributed by atoms with Gasteiger partial charge in [-0.15, -0.1) is 0 Å². The Labute approximate surface area is 164 Å². The van der Waals surface area contributed by atoms with Gasteiger partial charge in [-0.3, -0.25) is 4.90 Å². The summed E-state index contributed by atoms with van der Waals surface area (Å²) in [6, 6.07) is 10.2. The van der Waals surface area contributed by atoms with Crippen LogP contribution in [-0.2, 0) is 12.6 Å². The Hall–Kier alpha value is -2.51. The van der Waals surface area contributed by atoms with Crippen LogP contribution in [0, 0.1) is 0 Å². The Morgan fingerprint density at radius 1 is 1.07 bits per heavy atom. The van der Waals surface area contributed by atoms with Crippen LogP contribution in [0.15, 0.2) is 42.9 Å². The van der Waals surface area contributed by atoms with Gasteiger partial charge in [-0.05, 0) is 37.9 Å². The van der Waals surface area contributed by atoms with E-state index in [0.29, 0.717) is 31.1 Å². The molecule has 0 spiro atoms. The van der Waals surface area contributed by atoms with Crippen molar-refractivity contribution in [2.24, 2.45) is 7.05 Å². The summed E-state index contributed by atoms with van der Waals surface area (Å²) in [5, 5.41) is 11.8. The van der Waals surface area contributed by atoms with Crippen molar-refractivity contribution in [3.8, 4) is 0 Å². The van der Waals surface area contributed by atoms with E-state index in [9.17, 15) is 5.11 Å². The van der Waals surface area contributed by atoms with Crippen molar-refractivity contribution < 1.29 is 5.11 Å². The lowest BCUT2D eigenvalue weighted by molar-refractivity contribution is -0.0604. The van der Waals surface area contributed by atoms with Gasteiger partial charge in [0.25, 0.3) is 0 Å². The number of likely N-dealkylation sites (tertiary alicyclic amines) is 1. The Balaban J connectivity index is 1.48. The van der Waals surface area contributed by atoms with E-state index < -0.39 is 5.60 Å². The van der Waals surface area contributed by atoms with E-state index in [1.165, 1.54) is 12.8 Å². The Morgan fingerprint density at radius 2 is 1.86 bits per heavy atom. The highest BCUT2D eigenvalue weighted by Gasteiger charge is 2.46. The first kappa shape index (κ1) is 17.6. The summed E-state index contributed by atoms with van der Waals surface area (Å²) in [6.45, 7) is 3.50. The molecular formula is C21H26N6O. The van der Waals surface area contributed by atoms with Gasteiger partial charge in [0.15, 0.2) is 5.65 Å². The number of imidazole rings is 1. The summed E-state index contributed by atoms with van der Waals surface area (Å²) in [5.74, 6) is 0.700. The molecule has 7 nitrogen and oxygen atoms in total. The molecule has 2 aromatic heterocycles. The molecule has 3 aromatic rings. The van der Waals surface area contributed by atoms with Gasteiger partial charge in [0.2, 0.25) is 5.95 Å². The minimum absolute atomic E-state index is 0.0224. The van der Waals surface area contributed by atoms with Gasteiger partial charge in [0.1, 0.15) is 11.1 Å². The molecule has 0 amide bonds. The molecule has 0 radical (unpaired) electrons. The number of piperidine rings is 1. The molecule has 1 aromatic carbocycles. The predicted octanol–water partition coefficient (Wildman–Crippen LogP) is 1.93. The molecule has 2 aliphatic heterocycles.